The molecule has 2 rings (SSSR count). The lowest BCUT2D eigenvalue weighted by molar-refractivity contribution is -0.125. The van der Waals surface area contributed by atoms with Crippen LogP contribution in [0.4, 0.5) is 9.59 Å². The molecule has 3 N–H and O–H groups in total. The summed E-state index contributed by atoms with van der Waals surface area (Å²) in [5.74, 6) is -0.585. The largest absolute Gasteiger partial charge is 0.331 e. The molecule has 0 bridgehead atoms. The second-order valence-electron chi connectivity index (χ2n) is 4.79. The average Bonchev–Trinajstić information content (AvgIpc) is 2.64. The molecule has 5 amide bonds. The van der Waals surface area contributed by atoms with E-state index in [4.69, 9.17) is 0 Å². The Balaban J connectivity index is 1.96. The van der Waals surface area contributed by atoms with Gasteiger partial charge in [-0.05, 0) is 19.8 Å². The number of piperidine rings is 1. The maximum atomic E-state index is 11.8. The predicted octanol–water partition coefficient (Wildman–Crippen LogP) is -1.28. The number of nitrogens with one attached hydrogen (secondary N) is 3. The van der Waals surface area contributed by atoms with Crippen molar-refractivity contribution in [1.82, 2.24) is 20.3 Å². The van der Waals surface area contributed by atoms with Crippen molar-refractivity contribution in [3.05, 3.63) is 0 Å². The first-order valence-corrected chi connectivity index (χ1v) is 7.86. The van der Waals surface area contributed by atoms with Crippen LogP contribution in [-0.2, 0) is 14.8 Å². The molecule has 2 aliphatic heterocycles. The number of hydrogen-bond acceptors (Lipinski definition) is 5. The zero-order valence-corrected chi connectivity index (χ0v) is 11.7. The van der Waals surface area contributed by atoms with Crippen LogP contribution in [0, 0.1) is 0 Å². The number of hydrogen-bond donors (Lipinski definition) is 3. The maximum Gasteiger partial charge on any atom is 0.331 e. The molecule has 1 spiro atoms. The van der Waals surface area contributed by atoms with Gasteiger partial charge in [0.25, 0.3) is 5.91 Å². The van der Waals surface area contributed by atoms with Gasteiger partial charge in [-0.25, -0.2) is 22.7 Å². The van der Waals surface area contributed by atoms with E-state index in [1.54, 1.807) is 0 Å². The third kappa shape index (κ3) is 2.69. The highest BCUT2D eigenvalue weighted by Gasteiger charge is 2.48. The molecular weight excluding hydrogens is 288 g/mol. The molecule has 2 aliphatic rings. The fourth-order valence-corrected chi connectivity index (χ4v) is 2.78. The highest BCUT2D eigenvalue weighted by atomic mass is 32.2. The zero-order valence-electron chi connectivity index (χ0n) is 10.9. The van der Waals surface area contributed by atoms with E-state index in [1.165, 1.54) is 11.8 Å². The Hall–Kier alpha value is -1.84. The van der Waals surface area contributed by atoms with Crippen LogP contribution in [0.25, 0.3) is 0 Å². The third-order valence-electron chi connectivity index (χ3n) is 3.54. The van der Waals surface area contributed by atoms with Gasteiger partial charge in [-0.3, -0.25) is 10.1 Å². The van der Waals surface area contributed by atoms with Crippen molar-refractivity contribution >= 4 is 28.0 Å². The van der Waals surface area contributed by atoms with Gasteiger partial charge in [0.15, 0.2) is 0 Å². The average molecular weight is 304 g/mol. The Morgan fingerprint density at radius 1 is 1.35 bits per heavy atom. The summed E-state index contributed by atoms with van der Waals surface area (Å²) in [6, 6.07) is -1.24. The minimum absolute atomic E-state index is 0.186. The Kier molecular flexibility index (Phi) is 3.59. The number of rotatable bonds is 2. The summed E-state index contributed by atoms with van der Waals surface area (Å²) < 4.78 is 24.6. The summed E-state index contributed by atoms with van der Waals surface area (Å²) in [6.07, 6.45) is 0.508. The molecule has 9 nitrogen and oxygen atoms in total. The van der Waals surface area contributed by atoms with Gasteiger partial charge in [-0.2, -0.15) is 0 Å². The van der Waals surface area contributed by atoms with E-state index in [0.717, 1.165) is 0 Å². The van der Waals surface area contributed by atoms with Gasteiger partial charge in [0, 0.05) is 13.1 Å². The molecule has 0 aromatic carbocycles. The minimum Gasteiger partial charge on any atom is -0.324 e. The van der Waals surface area contributed by atoms with Crippen molar-refractivity contribution in [1.29, 1.82) is 0 Å². The first-order chi connectivity index (χ1) is 9.28. The Morgan fingerprint density at radius 2 is 1.95 bits per heavy atom. The molecule has 2 saturated heterocycles. The number of sulfonamides is 1. The molecule has 10 heteroatoms. The van der Waals surface area contributed by atoms with Crippen molar-refractivity contribution in [3.8, 4) is 0 Å². The van der Waals surface area contributed by atoms with E-state index in [-0.39, 0.29) is 31.7 Å². The highest BCUT2D eigenvalue weighted by Crippen LogP contribution is 2.25. The number of amides is 5. The fourth-order valence-electron chi connectivity index (χ4n) is 2.24. The summed E-state index contributed by atoms with van der Waals surface area (Å²) in [6.45, 7) is 1.82. The number of carbonyl (C=O) groups excluding carboxylic acids is 3. The lowest BCUT2D eigenvalue weighted by Gasteiger charge is -2.36. The van der Waals surface area contributed by atoms with Crippen LogP contribution < -0.4 is 15.4 Å². The van der Waals surface area contributed by atoms with E-state index in [9.17, 15) is 22.8 Å². The van der Waals surface area contributed by atoms with E-state index < -0.39 is 33.5 Å². The summed E-state index contributed by atoms with van der Waals surface area (Å²) in [5, 5.41) is 4.73. The van der Waals surface area contributed by atoms with Gasteiger partial charge >= 0.3 is 12.1 Å². The van der Waals surface area contributed by atoms with Gasteiger partial charge in [-0.15, -0.1) is 0 Å². The van der Waals surface area contributed by atoms with Crippen molar-refractivity contribution in [2.75, 3.05) is 18.8 Å². The van der Waals surface area contributed by atoms with Crippen LogP contribution >= 0.6 is 0 Å². The molecule has 0 unspecified atom stereocenters. The Bertz CT molecular complexity index is 550. The molecule has 112 valence electrons. The van der Waals surface area contributed by atoms with Crippen LogP contribution in [0.15, 0.2) is 0 Å². The topological polar surface area (TPSA) is 125 Å². The summed E-state index contributed by atoms with van der Waals surface area (Å²) in [4.78, 5) is 35.9. The second kappa shape index (κ2) is 4.93. The normalized spacial score (nSPS) is 21.6. The van der Waals surface area contributed by atoms with E-state index in [2.05, 4.69) is 10.6 Å². The van der Waals surface area contributed by atoms with Crippen molar-refractivity contribution in [2.45, 2.75) is 25.3 Å². The standard InChI is InChI=1S/C10H16N4O5S/c1-2-20(18,19)13-9(17)14-5-3-10(4-6-14)7(15)11-8(16)12-10/h2-6H2,1H3,(H,13,17)(H2,11,12,15,16). The molecule has 0 aromatic rings. The summed E-state index contributed by atoms with van der Waals surface area (Å²) >= 11 is 0. The quantitative estimate of drug-likeness (QED) is 0.548. The smallest absolute Gasteiger partial charge is 0.324 e. The van der Waals surface area contributed by atoms with Gasteiger partial charge in [-0.1, -0.05) is 0 Å². The van der Waals surface area contributed by atoms with E-state index >= 15 is 0 Å². The molecule has 0 aliphatic carbocycles. The Labute approximate surface area is 116 Å². The SMILES string of the molecule is CCS(=O)(=O)NC(=O)N1CCC2(CC1)NC(=O)NC2=O. The zero-order chi connectivity index (χ0) is 15.0. The number of imide groups is 1. The van der Waals surface area contributed by atoms with Crippen LogP contribution in [0.1, 0.15) is 19.8 Å². The molecule has 0 radical (unpaired) electrons. The van der Waals surface area contributed by atoms with Gasteiger partial charge < -0.3 is 10.2 Å². The summed E-state index contributed by atoms with van der Waals surface area (Å²) in [7, 11) is -3.61. The van der Waals surface area contributed by atoms with Crippen LogP contribution in [0.2, 0.25) is 0 Å². The molecule has 0 aromatic heterocycles. The number of likely N-dealkylation sites (tertiary alicyclic amines) is 1. The van der Waals surface area contributed by atoms with Gasteiger partial charge in [0.2, 0.25) is 10.0 Å². The number of urea groups is 2. The van der Waals surface area contributed by atoms with Crippen molar-refractivity contribution in [2.24, 2.45) is 0 Å². The van der Waals surface area contributed by atoms with E-state index in [1.807, 2.05) is 4.72 Å². The molecule has 20 heavy (non-hydrogen) atoms. The monoisotopic (exact) mass is 304 g/mol. The third-order valence-corrected chi connectivity index (χ3v) is 4.79. The molecule has 0 atom stereocenters. The van der Waals surface area contributed by atoms with E-state index in [0.29, 0.717) is 0 Å². The summed E-state index contributed by atoms with van der Waals surface area (Å²) in [5.41, 5.74) is -0.975. The lowest BCUT2D eigenvalue weighted by Crippen LogP contribution is -2.57. The number of carbonyl (C=O) groups is 3. The fraction of sp³-hybridized carbons (Fsp3) is 0.700. The molecule has 2 fully saturated rings. The number of nitrogens with zero attached hydrogens (tertiary/aromatic N) is 1. The minimum atomic E-state index is -3.61. The van der Waals surface area contributed by atoms with Gasteiger partial charge in [0.05, 0.1) is 5.75 Å². The predicted molar refractivity (Wildman–Crippen MR) is 68.2 cm³/mol. The first-order valence-electron chi connectivity index (χ1n) is 6.21. The Morgan fingerprint density at radius 3 is 2.40 bits per heavy atom. The maximum absolute atomic E-state index is 11.8. The second-order valence-corrected chi connectivity index (χ2v) is 6.80. The first kappa shape index (κ1) is 14.6. The van der Waals surface area contributed by atoms with Crippen molar-refractivity contribution < 1.29 is 22.8 Å². The van der Waals surface area contributed by atoms with Crippen LogP contribution in [-0.4, -0.2) is 55.7 Å². The molecule has 0 saturated carbocycles. The highest BCUT2D eigenvalue weighted by molar-refractivity contribution is 7.90. The van der Waals surface area contributed by atoms with Crippen LogP contribution in [0.3, 0.4) is 0 Å². The molecular formula is C10H16N4O5S. The van der Waals surface area contributed by atoms with Gasteiger partial charge in [0.1, 0.15) is 5.54 Å². The van der Waals surface area contributed by atoms with Crippen molar-refractivity contribution in [3.63, 3.8) is 0 Å². The van der Waals surface area contributed by atoms with Crippen LogP contribution in [0.5, 0.6) is 0 Å². The molecule has 2 heterocycles. The lowest BCUT2D eigenvalue weighted by atomic mass is 9.88.